The molecule has 0 fully saturated rings. The van der Waals surface area contributed by atoms with Gasteiger partial charge in [0.25, 0.3) is 0 Å². The second-order valence-electron chi connectivity index (χ2n) is 5.12. The first-order chi connectivity index (χ1) is 8.97. The lowest BCUT2D eigenvalue weighted by Gasteiger charge is -2.33. The Morgan fingerprint density at radius 3 is 2.42 bits per heavy atom. The second-order valence-corrected chi connectivity index (χ2v) is 5.50. The maximum absolute atomic E-state index is 6.17. The summed E-state index contributed by atoms with van der Waals surface area (Å²) in [5.41, 5.74) is 15.8. The van der Waals surface area contributed by atoms with Gasteiger partial charge in [-0.1, -0.05) is 24.3 Å². The summed E-state index contributed by atoms with van der Waals surface area (Å²) in [6.07, 6.45) is 2.98. The number of alkyl halides is 1. The number of nitrogens with one attached hydrogen (secondary N) is 1. The van der Waals surface area contributed by atoms with E-state index in [0.717, 1.165) is 17.7 Å². The smallest absolute Gasteiger partial charge is 0.121 e. The predicted octanol–water partition coefficient (Wildman–Crippen LogP) is 2.32. The van der Waals surface area contributed by atoms with Crippen LogP contribution in [0.2, 0.25) is 0 Å². The summed E-state index contributed by atoms with van der Waals surface area (Å²) in [5, 5.41) is 3.06. The van der Waals surface area contributed by atoms with Crippen LogP contribution in [0.4, 0.5) is 0 Å². The molecule has 19 heavy (non-hydrogen) atoms. The van der Waals surface area contributed by atoms with Gasteiger partial charge in [-0.2, -0.15) is 0 Å². The topological polar surface area (TPSA) is 64.1 Å². The van der Waals surface area contributed by atoms with Gasteiger partial charge in [0.1, 0.15) is 5.82 Å². The summed E-state index contributed by atoms with van der Waals surface area (Å²) < 4.78 is 0. The van der Waals surface area contributed by atoms with E-state index in [-0.39, 0.29) is 5.41 Å². The third-order valence-electron chi connectivity index (χ3n) is 3.62. The highest BCUT2D eigenvalue weighted by Gasteiger charge is 2.32. The molecule has 0 aromatic heterocycles. The van der Waals surface area contributed by atoms with Crippen molar-refractivity contribution >= 4 is 11.6 Å². The van der Waals surface area contributed by atoms with Crippen LogP contribution in [0.5, 0.6) is 0 Å². The fourth-order valence-electron chi connectivity index (χ4n) is 2.47. The maximum atomic E-state index is 6.17. The van der Waals surface area contributed by atoms with E-state index in [1.807, 2.05) is 6.92 Å². The SMILES string of the molecule is CC1=CC(C)(c2ccc(CCCl)cc2)C(N)=C(N)N1. The summed E-state index contributed by atoms with van der Waals surface area (Å²) in [4.78, 5) is 0. The van der Waals surface area contributed by atoms with Crippen LogP contribution in [0, 0.1) is 0 Å². The lowest BCUT2D eigenvalue weighted by atomic mass is 9.77. The molecule has 102 valence electrons. The minimum atomic E-state index is -0.362. The van der Waals surface area contributed by atoms with E-state index in [4.69, 9.17) is 23.1 Å². The van der Waals surface area contributed by atoms with Crippen molar-refractivity contribution in [3.63, 3.8) is 0 Å². The fraction of sp³-hybridized carbons (Fsp3) is 0.333. The van der Waals surface area contributed by atoms with E-state index in [0.29, 0.717) is 17.4 Å². The molecule has 0 saturated heterocycles. The average molecular weight is 278 g/mol. The molecule has 3 nitrogen and oxygen atoms in total. The molecular weight excluding hydrogens is 258 g/mol. The van der Waals surface area contributed by atoms with Crippen molar-refractivity contribution in [3.8, 4) is 0 Å². The molecule has 5 N–H and O–H groups in total. The molecule has 4 heteroatoms. The molecule has 0 radical (unpaired) electrons. The fourth-order valence-corrected chi connectivity index (χ4v) is 2.69. The molecule has 0 amide bonds. The Bertz CT molecular complexity index is 531. The zero-order valence-corrected chi connectivity index (χ0v) is 12.1. The van der Waals surface area contributed by atoms with Crippen LogP contribution >= 0.6 is 11.6 Å². The van der Waals surface area contributed by atoms with Gasteiger partial charge in [0.15, 0.2) is 0 Å². The van der Waals surface area contributed by atoms with Gasteiger partial charge in [-0.05, 0) is 37.5 Å². The van der Waals surface area contributed by atoms with Crippen LogP contribution in [0.3, 0.4) is 0 Å². The van der Waals surface area contributed by atoms with E-state index in [1.54, 1.807) is 0 Å². The highest BCUT2D eigenvalue weighted by molar-refractivity contribution is 6.17. The second kappa shape index (κ2) is 5.17. The summed E-state index contributed by atoms with van der Waals surface area (Å²) in [6.45, 7) is 4.06. The normalized spacial score (nSPS) is 23.0. The summed E-state index contributed by atoms with van der Waals surface area (Å²) in [7, 11) is 0. The number of aryl methyl sites for hydroxylation is 1. The molecule has 1 aromatic carbocycles. The number of hydrogen-bond acceptors (Lipinski definition) is 3. The molecule has 0 bridgehead atoms. The van der Waals surface area contributed by atoms with Gasteiger partial charge in [-0.3, -0.25) is 0 Å². The predicted molar refractivity (Wildman–Crippen MR) is 80.5 cm³/mol. The molecule has 1 heterocycles. The number of rotatable bonds is 3. The molecule has 1 unspecified atom stereocenters. The van der Waals surface area contributed by atoms with Gasteiger partial charge in [-0.25, -0.2) is 0 Å². The molecule has 0 spiro atoms. The molecule has 1 aliphatic rings. The highest BCUT2D eigenvalue weighted by Crippen LogP contribution is 2.34. The van der Waals surface area contributed by atoms with Crippen molar-refractivity contribution in [1.82, 2.24) is 5.32 Å². The Kier molecular flexibility index (Phi) is 3.76. The van der Waals surface area contributed by atoms with Crippen LogP contribution in [0.15, 0.2) is 47.6 Å². The Morgan fingerprint density at radius 2 is 1.84 bits per heavy atom. The monoisotopic (exact) mass is 277 g/mol. The highest BCUT2D eigenvalue weighted by atomic mass is 35.5. The molecule has 2 rings (SSSR count). The van der Waals surface area contributed by atoms with E-state index >= 15 is 0 Å². The first-order valence-electron chi connectivity index (χ1n) is 6.35. The first kappa shape index (κ1) is 13.8. The Morgan fingerprint density at radius 1 is 1.21 bits per heavy atom. The molecule has 1 aromatic rings. The van der Waals surface area contributed by atoms with E-state index in [9.17, 15) is 0 Å². The standard InChI is InChI=1S/C15H20ClN3/c1-10-9-15(2,13(17)14(18)19-10)12-5-3-11(4-6-12)7-8-16/h3-6,9,19H,7-8,17-18H2,1-2H3. The number of halogens is 1. The van der Waals surface area contributed by atoms with Gasteiger partial charge < -0.3 is 16.8 Å². The molecular formula is C15H20ClN3. The van der Waals surface area contributed by atoms with E-state index in [1.165, 1.54) is 5.56 Å². The maximum Gasteiger partial charge on any atom is 0.121 e. The minimum absolute atomic E-state index is 0.362. The Labute approximate surface area is 119 Å². The van der Waals surface area contributed by atoms with Crippen molar-refractivity contribution in [3.05, 3.63) is 58.7 Å². The minimum Gasteiger partial charge on any atom is -0.398 e. The largest absolute Gasteiger partial charge is 0.398 e. The Hall–Kier alpha value is -1.61. The zero-order chi connectivity index (χ0) is 14.0. The summed E-state index contributed by atoms with van der Waals surface area (Å²) in [6, 6.07) is 8.38. The van der Waals surface area contributed by atoms with Gasteiger partial charge in [0, 0.05) is 11.6 Å². The lowest BCUT2D eigenvalue weighted by molar-refractivity contribution is 0.632. The van der Waals surface area contributed by atoms with Crippen LogP contribution in [-0.2, 0) is 11.8 Å². The van der Waals surface area contributed by atoms with Crippen molar-refractivity contribution in [2.45, 2.75) is 25.7 Å². The quantitative estimate of drug-likeness (QED) is 0.743. The van der Waals surface area contributed by atoms with Crippen molar-refractivity contribution in [1.29, 1.82) is 0 Å². The van der Waals surface area contributed by atoms with Gasteiger partial charge >= 0.3 is 0 Å². The Balaban J connectivity index is 2.41. The number of hydrogen-bond donors (Lipinski definition) is 3. The number of dihydropyridines is 1. The first-order valence-corrected chi connectivity index (χ1v) is 6.88. The van der Waals surface area contributed by atoms with Crippen LogP contribution in [-0.4, -0.2) is 5.88 Å². The van der Waals surface area contributed by atoms with Crippen LogP contribution in [0.25, 0.3) is 0 Å². The number of benzene rings is 1. The summed E-state index contributed by atoms with van der Waals surface area (Å²) >= 11 is 5.75. The van der Waals surface area contributed by atoms with E-state index < -0.39 is 0 Å². The lowest BCUT2D eigenvalue weighted by Crippen LogP contribution is -2.39. The molecule has 0 aliphatic carbocycles. The average Bonchev–Trinajstić information content (AvgIpc) is 2.37. The molecule has 1 atom stereocenters. The zero-order valence-electron chi connectivity index (χ0n) is 11.3. The number of allylic oxidation sites excluding steroid dienone is 2. The van der Waals surface area contributed by atoms with Gasteiger partial charge in [0.05, 0.1) is 11.1 Å². The van der Waals surface area contributed by atoms with Crippen LogP contribution in [0.1, 0.15) is 25.0 Å². The third-order valence-corrected chi connectivity index (χ3v) is 3.81. The van der Waals surface area contributed by atoms with Crippen molar-refractivity contribution < 1.29 is 0 Å². The van der Waals surface area contributed by atoms with E-state index in [2.05, 4.69) is 42.6 Å². The molecule has 0 saturated carbocycles. The van der Waals surface area contributed by atoms with Crippen molar-refractivity contribution in [2.24, 2.45) is 11.5 Å². The van der Waals surface area contributed by atoms with Crippen LogP contribution < -0.4 is 16.8 Å². The van der Waals surface area contributed by atoms with Gasteiger partial charge in [-0.15, -0.1) is 11.6 Å². The van der Waals surface area contributed by atoms with Crippen molar-refractivity contribution in [2.75, 3.05) is 5.88 Å². The summed E-state index contributed by atoms with van der Waals surface area (Å²) in [5.74, 6) is 1.17. The third kappa shape index (κ3) is 2.56. The van der Waals surface area contributed by atoms with Gasteiger partial charge in [0.2, 0.25) is 0 Å². The number of nitrogens with two attached hydrogens (primary N) is 2. The molecule has 1 aliphatic heterocycles.